The third kappa shape index (κ3) is 5.93. The van der Waals surface area contributed by atoms with E-state index in [1.54, 1.807) is 13.2 Å². The van der Waals surface area contributed by atoms with Crippen molar-refractivity contribution in [3.8, 4) is 11.5 Å². The SMILES string of the molecule is C=CCOc1cccc(NC(=S)NCCc2ccc(OC)cc2)c1. The summed E-state index contributed by atoms with van der Waals surface area (Å²) in [5, 5.41) is 6.95. The Morgan fingerprint density at radius 2 is 1.96 bits per heavy atom. The lowest BCUT2D eigenvalue weighted by Gasteiger charge is -2.12. The average Bonchev–Trinajstić information content (AvgIpc) is 2.61. The van der Waals surface area contributed by atoms with Gasteiger partial charge in [0.2, 0.25) is 0 Å². The Labute approximate surface area is 148 Å². The molecule has 0 saturated heterocycles. The van der Waals surface area contributed by atoms with E-state index in [1.807, 2.05) is 36.4 Å². The third-order valence-electron chi connectivity index (χ3n) is 3.32. The maximum Gasteiger partial charge on any atom is 0.170 e. The number of rotatable bonds is 8. The molecule has 126 valence electrons. The van der Waals surface area contributed by atoms with Crippen LogP contribution >= 0.6 is 12.2 Å². The zero-order chi connectivity index (χ0) is 17.2. The van der Waals surface area contributed by atoms with E-state index in [-0.39, 0.29) is 0 Å². The Kier molecular flexibility index (Phi) is 7.11. The maximum atomic E-state index is 5.50. The molecule has 0 atom stereocenters. The lowest BCUT2D eigenvalue weighted by atomic mass is 10.1. The molecule has 0 unspecified atom stereocenters. The highest BCUT2D eigenvalue weighted by Gasteiger charge is 2.00. The summed E-state index contributed by atoms with van der Waals surface area (Å²) in [5.41, 5.74) is 2.12. The van der Waals surface area contributed by atoms with Gasteiger partial charge in [0, 0.05) is 18.3 Å². The highest BCUT2D eigenvalue weighted by molar-refractivity contribution is 7.80. The number of hydrogen-bond acceptors (Lipinski definition) is 3. The number of methoxy groups -OCH3 is 1. The van der Waals surface area contributed by atoms with E-state index >= 15 is 0 Å². The fourth-order valence-corrected chi connectivity index (χ4v) is 2.33. The molecule has 0 aliphatic heterocycles. The van der Waals surface area contributed by atoms with E-state index in [1.165, 1.54) is 5.56 Å². The quantitative estimate of drug-likeness (QED) is 0.564. The molecule has 2 aromatic rings. The van der Waals surface area contributed by atoms with Crippen molar-refractivity contribution in [2.75, 3.05) is 25.6 Å². The second kappa shape index (κ2) is 9.57. The van der Waals surface area contributed by atoms with Gasteiger partial charge in [-0.2, -0.15) is 0 Å². The summed E-state index contributed by atoms with van der Waals surface area (Å²) >= 11 is 5.32. The van der Waals surface area contributed by atoms with Gasteiger partial charge in [-0.3, -0.25) is 0 Å². The van der Waals surface area contributed by atoms with Crippen LogP contribution in [0.15, 0.2) is 61.2 Å². The van der Waals surface area contributed by atoms with E-state index in [4.69, 9.17) is 21.7 Å². The number of anilines is 1. The number of nitrogens with one attached hydrogen (secondary N) is 2. The molecule has 0 aliphatic carbocycles. The standard InChI is InChI=1S/C19H22N2O2S/c1-3-13-23-18-6-4-5-16(14-18)21-19(24)20-12-11-15-7-9-17(22-2)10-8-15/h3-10,14H,1,11-13H2,2H3,(H2,20,21,24). The molecule has 0 amide bonds. The lowest BCUT2D eigenvalue weighted by Crippen LogP contribution is -2.30. The van der Waals surface area contributed by atoms with Crippen molar-refractivity contribution in [2.24, 2.45) is 0 Å². The van der Waals surface area contributed by atoms with E-state index < -0.39 is 0 Å². The molecule has 0 aromatic heterocycles. The smallest absolute Gasteiger partial charge is 0.170 e. The summed E-state index contributed by atoms with van der Waals surface area (Å²) < 4.78 is 10.7. The Hall–Kier alpha value is -2.53. The van der Waals surface area contributed by atoms with Gasteiger partial charge in [0.1, 0.15) is 18.1 Å². The first-order valence-corrected chi connectivity index (χ1v) is 8.13. The highest BCUT2D eigenvalue weighted by atomic mass is 32.1. The largest absolute Gasteiger partial charge is 0.497 e. The van der Waals surface area contributed by atoms with Gasteiger partial charge in [-0.05, 0) is 48.5 Å². The fourth-order valence-electron chi connectivity index (χ4n) is 2.11. The van der Waals surface area contributed by atoms with Crippen molar-refractivity contribution in [1.29, 1.82) is 0 Å². The van der Waals surface area contributed by atoms with E-state index in [2.05, 4.69) is 29.3 Å². The van der Waals surface area contributed by atoms with Crippen molar-refractivity contribution in [1.82, 2.24) is 5.32 Å². The van der Waals surface area contributed by atoms with Crippen molar-refractivity contribution in [3.63, 3.8) is 0 Å². The molecule has 2 N–H and O–H groups in total. The second-order valence-electron chi connectivity index (χ2n) is 5.11. The summed E-state index contributed by atoms with van der Waals surface area (Å²) in [7, 11) is 1.66. The minimum Gasteiger partial charge on any atom is -0.497 e. The molecule has 0 spiro atoms. The first kappa shape index (κ1) is 17.8. The van der Waals surface area contributed by atoms with Gasteiger partial charge in [-0.25, -0.2) is 0 Å². The van der Waals surface area contributed by atoms with Crippen LogP contribution in [0.3, 0.4) is 0 Å². The van der Waals surface area contributed by atoms with Gasteiger partial charge >= 0.3 is 0 Å². The van der Waals surface area contributed by atoms with E-state index in [0.717, 1.165) is 30.2 Å². The number of thiocarbonyl (C=S) groups is 1. The first-order valence-electron chi connectivity index (χ1n) is 7.73. The zero-order valence-electron chi connectivity index (χ0n) is 13.7. The molecule has 2 rings (SSSR count). The van der Waals surface area contributed by atoms with Crippen molar-refractivity contribution < 1.29 is 9.47 Å². The molecule has 4 nitrogen and oxygen atoms in total. The normalized spacial score (nSPS) is 9.88. The Bertz CT molecular complexity index is 671. The van der Waals surface area contributed by atoms with Crippen LogP contribution in [0, 0.1) is 0 Å². The van der Waals surface area contributed by atoms with Gasteiger partial charge in [0.05, 0.1) is 7.11 Å². The van der Waals surface area contributed by atoms with Crippen LogP contribution in [0.25, 0.3) is 0 Å². The molecule has 2 aromatic carbocycles. The molecule has 0 fully saturated rings. The summed E-state index contributed by atoms with van der Waals surface area (Å²) in [6.45, 7) is 4.87. The Morgan fingerprint density at radius 1 is 1.17 bits per heavy atom. The molecule has 0 bridgehead atoms. The Morgan fingerprint density at radius 3 is 2.67 bits per heavy atom. The molecule has 0 aliphatic rings. The maximum absolute atomic E-state index is 5.50. The molecular formula is C19H22N2O2S. The van der Waals surface area contributed by atoms with Gasteiger partial charge in [-0.15, -0.1) is 0 Å². The summed E-state index contributed by atoms with van der Waals surface area (Å²) in [4.78, 5) is 0. The van der Waals surface area contributed by atoms with E-state index in [0.29, 0.717) is 11.7 Å². The fraction of sp³-hybridized carbons (Fsp3) is 0.211. The van der Waals surface area contributed by atoms with Crippen molar-refractivity contribution in [2.45, 2.75) is 6.42 Å². The third-order valence-corrected chi connectivity index (χ3v) is 3.56. The predicted molar refractivity (Wildman–Crippen MR) is 103 cm³/mol. The monoisotopic (exact) mass is 342 g/mol. The number of ether oxygens (including phenoxy) is 2. The van der Waals surface area contributed by atoms with E-state index in [9.17, 15) is 0 Å². The number of hydrogen-bond donors (Lipinski definition) is 2. The summed E-state index contributed by atoms with van der Waals surface area (Å²) in [5.74, 6) is 1.64. The second-order valence-corrected chi connectivity index (χ2v) is 5.51. The van der Waals surface area contributed by atoms with Gasteiger partial charge in [0.25, 0.3) is 0 Å². The van der Waals surface area contributed by atoms with Gasteiger partial charge in [-0.1, -0.05) is 30.9 Å². The average molecular weight is 342 g/mol. The highest BCUT2D eigenvalue weighted by Crippen LogP contribution is 2.17. The first-order chi connectivity index (χ1) is 11.7. The molecular weight excluding hydrogens is 320 g/mol. The van der Waals surface area contributed by atoms with Crippen LogP contribution < -0.4 is 20.1 Å². The Balaban J connectivity index is 1.77. The topological polar surface area (TPSA) is 42.5 Å². The van der Waals surface area contributed by atoms with Crippen LogP contribution in [0.1, 0.15) is 5.56 Å². The van der Waals surface area contributed by atoms with Crippen LogP contribution in [0.4, 0.5) is 5.69 Å². The molecule has 24 heavy (non-hydrogen) atoms. The lowest BCUT2D eigenvalue weighted by molar-refractivity contribution is 0.363. The van der Waals surface area contributed by atoms with Crippen molar-refractivity contribution in [3.05, 3.63) is 66.7 Å². The minimum atomic E-state index is 0.480. The predicted octanol–water partition coefficient (Wildman–Crippen LogP) is 3.79. The molecule has 5 heteroatoms. The summed E-state index contributed by atoms with van der Waals surface area (Å²) in [6.07, 6.45) is 2.60. The van der Waals surface area contributed by atoms with Crippen LogP contribution in [0.2, 0.25) is 0 Å². The van der Waals surface area contributed by atoms with Crippen LogP contribution in [0.5, 0.6) is 11.5 Å². The zero-order valence-corrected chi connectivity index (χ0v) is 14.6. The molecule has 0 saturated carbocycles. The van der Waals surface area contributed by atoms with Crippen LogP contribution in [-0.2, 0) is 6.42 Å². The van der Waals surface area contributed by atoms with Crippen LogP contribution in [-0.4, -0.2) is 25.4 Å². The van der Waals surface area contributed by atoms with Crippen molar-refractivity contribution >= 4 is 23.0 Å². The van der Waals surface area contributed by atoms with Gasteiger partial charge < -0.3 is 20.1 Å². The van der Waals surface area contributed by atoms with Gasteiger partial charge in [0.15, 0.2) is 5.11 Å². The summed E-state index contributed by atoms with van der Waals surface area (Å²) in [6, 6.07) is 15.7. The minimum absolute atomic E-state index is 0.480. The molecule has 0 heterocycles. The number of benzene rings is 2. The molecule has 0 radical (unpaired) electrons.